The highest BCUT2D eigenvalue weighted by molar-refractivity contribution is 5.95. The first-order chi connectivity index (χ1) is 8.99. The number of aryl methyl sites for hydroxylation is 3. The Morgan fingerprint density at radius 3 is 2.47 bits per heavy atom. The average molecular weight is 257 g/mol. The number of carbonyl (C=O) groups is 1. The van der Waals surface area contributed by atoms with Crippen molar-refractivity contribution in [3.63, 3.8) is 0 Å². The van der Waals surface area contributed by atoms with Crippen molar-refractivity contribution in [3.05, 3.63) is 58.5 Å². The fourth-order valence-corrected chi connectivity index (χ4v) is 2.28. The number of hydrogen-bond donors (Lipinski definition) is 1. The summed E-state index contributed by atoms with van der Waals surface area (Å²) in [5, 5.41) is 3.01. The third-order valence-electron chi connectivity index (χ3n) is 3.29. The first kappa shape index (κ1) is 13.4. The maximum Gasteiger partial charge on any atom is 0.255 e. The van der Waals surface area contributed by atoms with Crippen LogP contribution in [0.2, 0.25) is 0 Å². The van der Waals surface area contributed by atoms with Gasteiger partial charge >= 0.3 is 0 Å². The fraction of sp³-hybridized carbons (Fsp3) is 0.312. The van der Waals surface area contributed by atoms with Crippen molar-refractivity contribution in [3.8, 4) is 0 Å². The predicted octanol–water partition coefficient (Wildman–Crippen LogP) is 3.70. The molecule has 100 valence electrons. The zero-order valence-corrected chi connectivity index (χ0v) is 11.8. The second-order valence-corrected chi connectivity index (χ2v) is 4.88. The molecule has 0 bridgehead atoms. The van der Waals surface area contributed by atoms with Crippen LogP contribution in [0, 0.1) is 20.8 Å². The van der Waals surface area contributed by atoms with Gasteiger partial charge in [0.25, 0.3) is 5.91 Å². The molecular weight excluding hydrogens is 238 g/mol. The van der Waals surface area contributed by atoms with E-state index in [4.69, 9.17) is 4.42 Å². The molecule has 0 aliphatic carbocycles. The zero-order chi connectivity index (χ0) is 14.0. The van der Waals surface area contributed by atoms with Crippen molar-refractivity contribution in [1.82, 2.24) is 5.32 Å². The van der Waals surface area contributed by atoms with E-state index < -0.39 is 0 Å². The van der Waals surface area contributed by atoms with Crippen LogP contribution in [0.5, 0.6) is 0 Å². The molecule has 0 spiro atoms. The van der Waals surface area contributed by atoms with Crippen LogP contribution in [-0.2, 0) is 0 Å². The molecule has 1 aromatic heterocycles. The molecular formula is C16H19NO2. The summed E-state index contributed by atoms with van der Waals surface area (Å²) in [4.78, 5) is 12.2. The quantitative estimate of drug-likeness (QED) is 0.911. The SMILES string of the molecule is Cc1cc(C(=O)NC(C)c2ccccc2C)c(C)o1. The van der Waals surface area contributed by atoms with E-state index in [1.165, 1.54) is 5.56 Å². The first-order valence-electron chi connectivity index (χ1n) is 6.42. The van der Waals surface area contributed by atoms with Crippen molar-refractivity contribution in [2.75, 3.05) is 0 Å². The molecule has 0 radical (unpaired) electrons. The number of furan rings is 1. The van der Waals surface area contributed by atoms with E-state index >= 15 is 0 Å². The highest BCUT2D eigenvalue weighted by atomic mass is 16.3. The minimum absolute atomic E-state index is 0.0247. The second-order valence-electron chi connectivity index (χ2n) is 4.88. The number of rotatable bonds is 3. The van der Waals surface area contributed by atoms with Gasteiger partial charge in [-0.2, -0.15) is 0 Å². The minimum Gasteiger partial charge on any atom is -0.466 e. The molecule has 2 rings (SSSR count). The molecule has 1 amide bonds. The molecule has 1 N–H and O–H groups in total. The highest BCUT2D eigenvalue weighted by Gasteiger charge is 2.17. The lowest BCUT2D eigenvalue weighted by atomic mass is 10.0. The van der Waals surface area contributed by atoms with Crippen LogP contribution < -0.4 is 5.32 Å². The Bertz CT molecular complexity index is 599. The van der Waals surface area contributed by atoms with Crippen LogP contribution in [-0.4, -0.2) is 5.91 Å². The summed E-state index contributed by atoms with van der Waals surface area (Å²) in [6.07, 6.45) is 0. The van der Waals surface area contributed by atoms with E-state index in [9.17, 15) is 4.79 Å². The van der Waals surface area contributed by atoms with E-state index in [1.807, 2.05) is 45.0 Å². The normalized spacial score (nSPS) is 12.2. The summed E-state index contributed by atoms with van der Waals surface area (Å²) < 4.78 is 5.39. The third-order valence-corrected chi connectivity index (χ3v) is 3.29. The van der Waals surface area contributed by atoms with Crippen molar-refractivity contribution in [1.29, 1.82) is 0 Å². The lowest BCUT2D eigenvalue weighted by Crippen LogP contribution is -2.27. The van der Waals surface area contributed by atoms with Crippen LogP contribution in [0.15, 0.2) is 34.7 Å². The summed E-state index contributed by atoms with van der Waals surface area (Å²) in [5.41, 5.74) is 2.92. The number of amides is 1. The number of nitrogens with one attached hydrogen (secondary N) is 1. The van der Waals surface area contributed by atoms with Gasteiger partial charge in [0, 0.05) is 0 Å². The van der Waals surface area contributed by atoms with Gasteiger partial charge < -0.3 is 9.73 Å². The van der Waals surface area contributed by atoms with Gasteiger partial charge in [-0.15, -0.1) is 0 Å². The summed E-state index contributed by atoms with van der Waals surface area (Å²) >= 11 is 0. The van der Waals surface area contributed by atoms with E-state index in [-0.39, 0.29) is 11.9 Å². The Labute approximate surface area is 113 Å². The van der Waals surface area contributed by atoms with Crippen molar-refractivity contribution in [2.24, 2.45) is 0 Å². The molecule has 1 unspecified atom stereocenters. The minimum atomic E-state index is -0.0925. The highest BCUT2D eigenvalue weighted by Crippen LogP contribution is 2.19. The summed E-state index contributed by atoms with van der Waals surface area (Å²) in [7, 11) is 0. The second kappa shape index (κ2) is 5.31. The number of hydrogen-bond acceptors (Lipinski definition) is 2. The van der Waals surface area contributed by atoms with E-state index in [0.717, 1.165) is 11.3 Å². The molecule has 0 fully saturated rings. The van der Waals surface area contributed by atoms with Crippen LogP contribution in [0.1, 0.15) is 46.0 Å². The van der Waals surface area contributed by atoms with Crippen LogP contribution in [0.4, 0.5) is 0 Å². The number of carbonyl (C=O) groups excluding carboxylic acids is 1. The monoisotopic (exact) mass is 257 g/mol. The Morgan fingerprint density at radius 1 is 1.21 bits per heavy atom. The fourth-order valence-electron chi connectivity index (χ4n) is 2.28. The summed E-state index contributed by atoms with van der Waals surface area (Å²) in [6, 6.07) is 9.81. The molecule has 2 aromatic rings. The Balaban J connectivity index is 2.15. The van der Waals surface area contributed by atoms with Gasteiger partial charge in [0.1, 0.15) is 11.5 Å². The largest absolute Gasteiger partial charge is 0.466 e. The van der Waals surface area contributed by atoms with Gasteiger partial charge in [-0.3, -0.25) is 4.79 Å². The Morgan fingerprint density at radius 2 is 1.89 bits per heavy atom. The lowest BCUT2D eigenvalue weighted by Gasteiger charge is -2.16. The molecule has 0 saturated carbocycles. The first-order valence-corrected chi connectivity index (χ1v) is 6.42. The molecule has 0 saturated heterocycles. The van der Waals surface area contributed by atoms with Gasteiger partial charge in [-0.05, 0) is 44.9 Å². The molecule has 3 heteroatoms. The third kappa shape index (κ3) is 2.87. The van der Waals surface area contributed by atoms with Gasteiger partial charge in [0.15, 0.2) is 0 Å². The van der Waals surface area contributed by atoms with Crippen LogP contribution >= 0.6 is 0 Å². The predicted molar refractivity (Wildman–Crippen MR) is 75.2 cm³/mol. The van der Waals surface area contributed by atoms with Gasteiger partial charge in [-0.25, -0.2) is 0 Å². The topological polar surface area (TPSA) is 42.2 Å². The number of benzene rings is 1. The molecule has 19 heavy (non-hydrogen) atoms. The van der Waals surface area contributed by atoms with E-state index in [0.29, 0.717) is 11.3 Å². The maximum atomic E-state index is 12.2. The van der Waals surface area contributed by atoms with E-state index in [2.05, 4.69) is 5.32 Å². The maximum absolute atomic E-state index is 12.2. The van der Waals surface area contributed by atoms with Crippen LogP contribution in [0.25, 0.3) is 0 Å². The molecule has 1 atom stereocenters. The van der Waals surface area contributed by atoms with Crippen molar-refractivity contribution in [2.45, 2.75) is 33.7 Å². The zero-order valence-electron chi connectivity index (χ0n) is 11.8. The molecule has 1 aromatic carbocycles. The molecule has 0 aliphatic heterocycles. The van der Waals surface area contributed by atoms with Crippen molar-refractivity contribution >= 4 is 5.91 Å². The Hall–Kier alpha value is -2.03. The molecule has 0 aliphatic rings. The van der Waals surface area contributed by atoms with E-state index in [1.54, 1.807) is 13.0 Å². The average Bonchev–Trinajstić information content (AvgIpc) is 2.69. The van der Waals surface area contributed by atoms with Crippen molar-refractivity contribution < 1.29 is 9.21 Å². The smallest absolute Gasteiger partial charge is 0.255 e. The summed E-state index contributed by atoms with van der Waals surface area (Å²) in [6.45, 7) is 7.68. The summed E-state index contributed by atoms with van der Waals surface area (Å²) in [5.74, 6) is 1.32. The van der Waals surface area contributed by atoms with Gasteiger partial charge in [0.05, 0.1) is 11.6 Å². The van der Waals surface area contributed by atoms with Gasteiger partial charge in [0.2, 0.25) is 0 Å². The van der Waals surface area contributed by atoms with Crippen LogP contribution in [0.3, 0.4) is 0 Å². The molecule has 1 heterocycles. The standard InChI is InChI=1S/C16H19NO2/c1-10-7-5-6-8-14(10)12(3)17-16(18)15-9-11(2)19-13(15)4/h5-9,12H,1-4H3,(H,17,18). The molecule has 3 nitrogen and oxygen atoms in total. The lowest BCUT2D eigenvalue weighted by molar-refractivity contribution is 0.0938. The van der Waals surface area contributed by atoms with Gasteiger partial charge in [-0.1, -0.05) is 24.3 Å². The Kier molecular flexibility index (Phi) is 3.74.